The molecule has 0 amide bonds. The van der Waals surface area contributed by atoms with Crippen LogP contribution in [0.2, 0.25) is 0 Å². The number of rotatable bonds is 1. The van der Waals surface area contributed by atoms with Gasteiger partial charge in [-0.15, -0.1) is 10.2 Å². The zero-order valence-electron chi connectivity index (χ0n) is 6.24. The summed E-state index contributed by atoms with van der Waals surface area (Å²) in [7, 11) is 0. The van der Waals surface area contributed by atoms with Crippen molar-refractivity contribution in [2.45, 2.75) is 6.92 Å². The molecule has 0 radical (unpaired) electrons. The second-order valence-electron chi connectivity index (χ2n) is 2.27. The highest BCUT2D eigenvalue weighted by atomic mass is 127. The zero-order chi connectivity index (χ0) is 8.55. The van der Waals surface area contributed by atoms with E-state index in [2.05, 4.69) is 10.2 Å². The highest BCUT2D eigenvalue weighted by molar-refractivity contribution is 14.1. The van der Waals surface area contributed by atoms with Crippen LogP contribution in [0.1, 0.15) is 5.76 Å². The Morgan fingerprint density at radius 3 is 2.58 bits per heavy atom. The largest absolute Gasteiger partial charge is 0.456 e. The van der Waals surface area contributed by atoms with Crippen LogP contribution in [-0.2, 0) is 0 Å². The van der Waals surface area contributed by atoms with E-state index in [9.17, 15) is 0 Å². The smallest absolute Gasteiger partial charge is 0.284 e. The van der Waals surface area contributed by atoms with Crippen LogP contribution in [0.15, 0.2) is 21.0 Å². The summed E-state index contributed by atoms with van der Waals surface area (Å²) in [4.78, 5) is 0. The summed E-state index contributed by atoms with van der Waals surface area (Å²) in [6.45, 7) is 1.87. The summed E-state index contributed by atoms with van der Waals surface area (Å²) in [6.07, 6.45) is 0. The fourth-order valence-electron chi connectivity index (χ4n) is 0.854. The molecule has 0 saturated carbocycles. The van der Waals surface area contributed by atoms with Crippen LogP contribution < -0.4 is 0 Å². The van der Waals surface area contributed by atoms with Crippen molar-refractivity contribution >= 4 is 22.6 Å². The van der Waals surface area contributed by atoms with E-state index in [4.69, 9.17) is 8.83 Å². The zero-order valence-corrected chi connectivity index (χ0v) is 8.40. The molecule has 2 aromatic rings. The van der Waals surface area contributed by atoms with Crippen molar-refractivity contribution in [3.8, 4) is 11.7 Å². The SMILES string of the molecule is Cc1ccc(-c2nnc(I)o2)o1. The minimum Gasteiger partial charge on any atom is -0.456 e. The summed E-state index contributed by atoms with van der Waals surface area (Å²) in [5, 5.41) is 7.49. The van der Waals surface area contributed by atoms with Crippen molar-refractivity contribution in [2.24, 2.45) is 0 Å². The molecule has 0 fully saturated rings. The molecule has 2 rings (SSSR count). The van der Waals surface area contributed by atoms with Gasteiger partial charge in [-0.25, -0.2) is 0 Å². The second-order valence-corrected chi connectivity index (χ2v) is 3.19. The van der Waals surface area contributed by atoms with Gasteiger partial charge in [-0.3, -0.25) is 0 Å². The predicted molar refractivity (Wildman–Crippen MR) is 49.5 cm³/mol. The summed E-state index contributed by atoms with van der Waals surface area (Å²) in [6, 6.07) is 3.66. The third kappa shape index (κ3) is 1.36. The van der Waals surface area contributed by atoms with E-state index in [0.717, 1.165) is 5.76 Å². The Morgan fingerprint density at radius 1 is 1.25 bits per heavy atom. The Balaban J connectivity index is 2.43. The number of hydrogen-bond acceptors (Lipinski definition) is 4. The third-order valence-corrected chi connectivity index (χ3v) is 1.79. The van der Waals surface area contributed by atoms with E-state index >= 15 is 0 Å². The quantitative estimate of drug-likeness (QED) is 0.749. The molecule has 0 aliphatic heterocycles. The number of aromatic nitrogens is 2. The molecule has 0 saturated heterocycles. The van der Waals surface area contributed by atoms with E-state index in [1.807, 2.05) is 35.6 Å². The van der Waals surface area contributed by atoms with Crippen molar-refractivity contribution in [1.82, 2.24) is 10.2 Å². The van der Waals surface area contributed by atoms with Crippen LogP contribution in [-0.4, -0.2) is 10.2 Å². The molecule has 5 heteroatoms. The first kappa shape index (κ1) is 7.78. The van der Waals surface area contributed by atoms with Crippen molar-refractivity contribution in [1.29, 1.82) is 0 Å². The van der Waals surface area contributed by atoms with Gasteiger partial charge in [0.25, 0.3) is 9.79 Å². The van der Waals surface area contributed by atoms with Gasteiger partial charge in [0.05, 0.1) is 0 Å². The molecule has 0 aliphatic rings. The van der Waals surface area contributed by atoms with Crippen molar-refractivity contribution < 1.29 is 8.83 Å². The third-order valence-electron chi connectivity index (χ3n) is 1.35. The minimum atomic E-state index is 0.424. The summed E-state index contributed by atoms with van der Waals surface area (Å²) >= 11 is 1.95. The lowest BCUT2D eigenvalue weighted by molar-refractivity contribution is 0.487. The number of hydrogen-bond donors (Lipinski definition) is 0. The van der Waals surface area contributed by atoms with Gasteiger partial charge < -0.3 is 8.83 Å². The summed E-state index contributed by atoms with van der Waals surface area (Å²) in [5.41, 5.74) is 0. The van der Waals surface area contributed by atoms with Crippen LogP contribution >= 0.6 is 22.6 Å². The normalized spacial score (nSPS) is 10.5. The van der Waals surface area contributed by atoms with Crippen LogP contribution in [0.4, 0.5) is 0 Å². The molecule has 2 aromatic heterocycles. The monoisotopic (exact) mass is 276 g/mol. The van der Waals surface area contributed by atoms with Crippen LogP contribution in [0.5, 0.6) is 0 Å². The van der Waals surface area contributed by atoms with E-state index in [-0.39, 0.29) is 0 Å². The van der Waals surface area contributed by atoms with Gasteiger partial charge in [0.15, 0.2) is 5.76 Å². The standard InChI is InChI=1S/C7H5IN2O2/c1-4-2-3-5(11-4)6-9-10-7(8)12-6/h2-3H,1H3. The Labute approximate surface area is 82.1 Å². The van der Waals surface area contributed by atoms with Gasteiger partial charge in [-0.1, -0.05) is 0 Å². The Morgan fingerprint density at radius 2 is 2.08 bits per heavy atom. The van der Waals surface area contributed by atoms with Gasteiger partial charge in [-0.05, 0) is 19.1 Å². The Hall–Kier alpha value is -0.850. The van der Waals surface area contributed by atoms with Crippen LogP contribution in [0.3, 0.4) is 0 Å². The first-order chi connectivity index (χ1) is 5.75. The highest BCUT2D eigenvalue weighted by Gasteiger charge is 2.09. The molecule has 0 atom stereocenters. The van der Waals surface area contributed by atoms with Crippen LogP contribution in [0, 0.1) is 10.8 Å². The molecule has 0 aromatic carbocycles. The maximum Gasteiger partial charge on any atom is 0.284 e. The molecule has 2 heterocycles. The maximum absolute atomic E-state index is 5.28. The van der Waals surface area contributed by atoms with Crippen molar-refractivity contribution in [2.75, 3.05) is 0 Å². The van der Waals surface area contributed by atoms with Crippen molar-refractivity contribution in [3.05, 3.63) is 21.8 Å². The lowest BCUT2D eigenvalue weighted by Gasteiger charge is -1.84. The first-order valence-corrected chi connectivity index (χ1v) is 4.39. The number of furan rings is 1. The lowest BCUT2D eigenvalue weighted by Crippen LogP contribution is -1.71. The summed E-state index contributed by atoms with van der Waals surface area (Å²) < 4.78 is 10.9. The average molecular weight is 276 g/mol. The topological polar surface area (TPSA) is 52.1 Å². The Bertz CT molecular complexity index is 355. The molecule has 0 aliphatic carbocycles. The molecular weight excluding hydrogens is 271 g/mol. The van der Waals surface area contributed by atoms with E-state index in [0.29, 0.717) is 15.5 Å². The Kier molecular flexibility index (Phi) is 1.87. The molecule has 0 N–H and O–H groups in total. The predicted octanol–water partition coefficient (Wildman–Crippen LogP) is 2.24. The van der Waals surface area contributed by atoms with E-state index < -0.39 is 0 Å². The lowest BCUT2D eigenvalue weighted by atomic mass is 10.4. The van der Waals surface area contributed by atoms with E-state index in [1.165, 1.54) is 0 Å². The molecule has 0 spiro atoms. The van der Waals surface area contributed by atoms with Gasteiger partial charge in [-0.2, -0.15) is 0 Å². The number of halogens is 1. The molecule has 12 heavy (non-hydrogen) atoms. The number of nitrogens with zero attached hydrogens (tertiary/aromatic N) is 2. The fourth-order valence-corrected chi connectivity index (χ4v) is 1.17. The molecule has 62 valence electrons. The highest BCUT2D eigenvalue weighted by Crippen LogP contribution is 2.20. The van der Waals surface area contributed by atoms with Gasteiger partial charge in [0, 0.05) is 22.6 Å². The van der Waals surface area contributed by atoms with E-state index in [1.54, 1.807) is 6.07 Å². The molecule has 0 bridgehead atoms. The first-order valence-electron chi connectivity index (χ1n) is 3.31. The maximum atomic E-state index is 5.28. The average Bonchev–Trinajstić information content (AvgIpc) is 2.58. The molecule has 0 unspecified atom stereocenters. The minimum absolute atomic E-state index is 0.424. The molecular formula is C7H5IN2O2. The summed E-state index contributed by atoms with van der Waals surface area (Å²) in [5.74, 6) is 1.87. The molecule has 4 nitrogen and oxygen atoms in total. The van der Waals surface area contributed by atoms with Gasteiger partial charge in [0.1, 0.15) is 5.76 Å². The van der Waals surface area contributed by atoms with Crippen LogP contribution in [0.25, 0.3) is 11.7 Å². The fraction of sp³-hybridized carbons (Fsp3) is 0.143. The number of aryl methyl sites for hydroxylation is 1. The van der Waals surface area contributed by atoms with Crippen molar-refractivity contribution in [3.63, 3.8) is 0 Å². The second kappa shape index (κ2) is 2.89. The van der Waals surface area contributed by atoms with Gasteiger partial charge in [0.2, 0.25) is 0 Å². The van der Waals surface area contributed by atoms with Gasteiger partial charge >= 0.3 is 0 Å².